The molecule has 1 saturated heterocycles. The van der Waals surface area contributed by atoms with E-state index >= 15 is 0 Å². The maximum Gasteiger partial charge on any atom is 0.364 e. The Labute approximate surface area is 133 Å². The SMILES string of the molecule is CO[C@@H]([C@@H]1OC(O)(C(=O)O)C[C@H](OC)[C@H]1NC(C)=O)[C@H](O)CO. The second kappa shape index (κ2) is 7.99. The smallest absolute Gasteiger partial charge is 0.364 e. The highest BCUT2D eigenvalue weighted by Gasteiger charge is 2.54. The fourth-order valence-electron chi connectivity index (χ4n) is 2.62. The van der Waals surface area contributed by atoms with Crippen molar-refractivity contribution in [3.05, 3.63) is 0 Å². The van der Waals surface area contributed by atoms with Crippen molar-refractivity contribution in [1.29, 1.82) is 0 Å². The van der Waals surface area contributed by atoms with Crippen LogP contribution in [0.25, 0.3) is 0 Å². The van der Waals surface area contributed by atoms with Crippen molar-refractivity contribution in [2.24, 2.45) is 0 Å². The molecule has 0 aliphatic carbocycles. The second-order valence-electron chi connectivity index (χ2n) is 5.33. The number of rotatable bonds is 7. The predicted octanol–water partition coefficient (Wildman–Crippen LogP) is -2.56. The van der Waals surface area contributed by atoms with Crippen molar-refractivity contribution in [1.82, 2.24) is 5.32 Å². The van der Waals surface area contributed by atoms with Gasteiger partial charge in [0.1, 0.15) is 18.3 Å². The van der Waals surface area contributed by atoms with Crippen LogP contribution in [-0.2, 0) is 23.8 Å². The van der Waals surface area contributed by atoms with Crippen molar-refractivity contribution in [2.45, 2.75) is 49.6 Å². The zero-order chi connectivity index (χ0) is 17.8. The summed E-state index contributed by atoms with van der Waals surface area (Å²) in [5, 5.41) is 40.8. The highest BCUT2D eigenvalue weighted by Crippen LogP contribution is 2.32. The van der Waals surface area contributed by atoms with Crippen LogP contribution in [0.5, 0.6) is 0 Å². The number of ether oxygens (including phenoxy) is 3. The molecule has 1 aliphatic rings. The molecule has 10 heteroatoms. The minimum absolute atomic E-state index is 0.439. The topological polar surface area (TPSA) is 155 Å². The number of hydrogen-bond donors (Lipinski definition) is 5. The second-order valence-corrected chi connectivity index (χ2v) is 5.33. The molecule has 6 atom stereocenters. The Hall–Kier alpha value is -1.30. The molecule has 134 valence electrons. The molecule has 1 unspecified atom stereocenters. The maximum atomic E-state index is 11.4. The Morgan fingerprint density at radius 2 is 2.04 bits per heavy atom. The first kappa shape index (κ1) is 19.7. The Kier molecular flexibility index (Phi) is 6.86. The lowest BCUT2D eigenvalue weighted by atomic mass is 9.88. The molecule has 1 rings (SSSR count). The molecule has 0 aromatic rings. The largest absolute Gasteiger partial charge is 0.477 e. The lowest BCUT2D eigenvalue weighted by molar-refractivity contribution is -0.298. The monoisotopic (exact) mass is 337 g/mol. The number of nitrogens with one attached hydrogen (secondary N) is 1. The van der Waals surface area contributed by atoms with E-state index in [2.05, 4.69) is 5.32 Å². The summed E-state index contributed by atoms with van der Waals surface area (Å²) in [6, 6.07) is -0.900. The molecule has 0 aromatic heterocycles. The van der Waals surface area contributed by atoms with Gasteiger partial charge in [0.25, 0.3) is 5.79 Å². The molecule has 0 aromatic carbocycles. The van der Waals surface area contributed by atoms with Crippen LogP contribution in [0, 0.1) is 0 Å². The van der Waals surface area contributed by atoms with Crippen molar-refractivity contribution in [2.75, 3.05) is 20.8 Å². The molecule has 1 heterocycles. The molecular weight excluding hydrogens is 314 g/mol. The number of carbonyl (C=O) groups excluding carboxylic acids is 1. The number of aliphatic hydroxyl groups is 3. The van der Waals surface area contributed by atoms with E-state index in [1.165, 1.54) is 21.1 Å². The Bertz CT molecular complexity index is 432. The van der Waals surface area contributed by atoms with Crippen molar-refractivity contribution < 1.29 is 44.2 Å². The summed E-state index contributed by atoms with van der Waals surface area (Å²) in [4.78, 5) is 22.7. The van der Waals surface area contributed by atoms with E-state index in [1.807, 2.05) is 0 Å². The number of carboxylic acid groups (broad SMARTS) is 1. The third kappa shape index (κ3) is 4.37. The van der Waals surface area contributed by atoms with Gasteiger partial charge in [0.15, 0.2) is 0 Å². The van der Waals surface area contributed by atoms with E-state index in [9.17, 15) is 24.9 Å². The minimum atomic E-state index is -2.58. The van der Waals surface area contributed by atoms with Gasteiger partial charge < -0.3 is 40.0 Å². The van der Waals surface area contributed by atoms with Gasteiger partial charge in [0, 0.05) is 27.6 Å². The van der Waals surface area contributed by atoms with Gasteiger partial charge in [-0.25, -0.2) is 4.79 Å². The number of aliphatic carboxylic acids is 1. The third-order valence-corrected chi connectivity index (χ3v) is 3.73. The Morgan fingerprint density at radius 3 is 2.43 bits per heavy atom. The van der Waals surface area contributed by atoms with E-state index in [0.717, 1.165) is 0 Å². The summed E-state index contributed by atoms with van der Waals surface area (Å²) in [5.74, 6) is -4.66. The van der Waals surface area contributed by atoms with Gasteiger partial charge in [-0.15, -0.1) is 0 Å². The van der Waals surface area contributed by atoms with Gasteiger partial charge in [-0.3, -0.25) is 4.79 Å². The van der Waals surface area contributed by atoms with Crippen LogP contribution in [0.2, 0.25) is 0 Å². The number of carboxylic acids is 1. The van der Waals surface area contributed by atoms with Crippen molar-refractivity contribution in [3.8, 4) is 0 Å². The number of methoxy groups -OCH3 is 2. The van der Waals surface area contributed by atoms with Gasteiger partial charge in [-0.05, 0) is 0 Å². The van der Waals surface area contributed by atoms with Crippen LogP contribution in [0.3, 0.4) is 0 Å². The van der Waals surface area contributed by atoms with Crippen LogP contribution >= 0.6 is 0 Å². The first-order chi connectivity index (χ1) is 10.7. The maximum absolute atomic E-state index is 11.4. The van der Waals surface area contributed by atoms with Gasteiger partial charge >= 0.3 is 5.97 Å². The summed E-state index contributed by atoms with van der Waals surface area (Å²) in [5.41, 5.74) is 0. The molecule has 0 saturated carbocycles. The molecule has 0 spiro atoms. The van der Waals surface area contributed by atoms with Crippen LogP contribution in [0.15, 0.2) is 0 Å². The lowest BCUT2D eigenvalue weighted by Gasteiger charge is -2.46. The first-order valence-electron chi connectivity index (χ1n) is 6.95. The quantitative estimate of drug-likeness (QED) is 0.337. The molecule has 1 fully saturated rings. The number of hydrogen-bond acceptors (Lipinski definition) is 8. The summed E-state index contributed by atoms with van der Waals surface area (Å²) >= 11 is 0. The van der Waals surface area contributed by atoms with Crippen molar-refractivity contribution >= 4 is 11.9 Å². The average Bonchev–Trinajstić information content (AvgIpc) is 2.49. The molecule has 10 nitrogen and oxygen atoms in total. The van der Waals surface area contributed by atoms with E-state index < -0.39 is 61.1 Å². The van der Waals surface area contributed by atoms with Crippen molar-refractivity contribution in [3.63, 3.8) is 0 Å². The molecule has 0 radical (unpaired) electrons. The molecule has 1 aliphatic heterocycles. The fourth-order valence-corrected chi connectivity index (χ4v) is 2.62. The molecular formula is C13H23NO9. The highest BCUT2D eigenvalue weighted by molar-refractivity contribution is 5.76. The first-order valence-corrected chi connectivity index (χ1v) is 6.95. The third-order valence-electron chi connectivity index (χ3n) is 3.73. The zero-order valence-electron chi connectivity index (χ0n) is 13.1. The Morgan fingerprint density at radius 1 is 1.43 bits per heavy atom. The van der Waals surface area contributed by atoms with Crippen LogP contribution in [0.1, 0.15) is 13.3 Å². The van der Waals surface area contributed by atoms with E-state index in [0.29, 0.717) is 0 Å². The fraction of sp³-hybridized carbons (Fsp3) is 0.846. The highest BCUT2D eigenvalue weighted by atomic mass is 16.7. The van der Waals surface area contributed by atoms with Gasteiger partial charge in [-0.2, -0.15) is 0 Å². The summed E-state index contributed by atoms with van der Waals surface area (Å²) in [7, 11) is 2.50. The Balaban J connectivity index is 3.22. The molecule has 1 amide bonds. The summed E-state index contributed by atoms with van der Waals surface area (Å²) < 4.78 is 15.5. The van der Waals surface area contributed by atoms with E-state index in [-0.39, 0.29) is 0 Å². The number of aliphatic hydroxyl groups excluding tert-OH is 2. The van der Waals surface area contributed by atoms with Crippen LogP contribution < -0.4 is 5.32 Å². The summed E-state index contributed by atoms with van der Waals surface area (Å²) in [6.45, 7) is 0.556. The summed E-state index contributed by atoms with van der Waals surface area (Å²) in [6.07, 6.45) is -5.25. The molecule has 0 bridgehead atoms. The minimum Gasteiger partial charge on any atom is -0.477 e. The van der Waals surface area contributed by atoms with Gasteiger partial charge in [-0.1, -0.05) is 0 Å². The van der Waals surface area contributed by atoms with E-state index in [4.69, 9.17) is 19.3 Å². The standard InChI is InChI=1S/C13H23NO9/c1-6(16)14-9-8(21-2)4-13(20,12(18)19)23-11(9)10(22-3)7(17)5-15/h7-11,15,17,20H,4-5H2,1-3H3,(H,14,16)(H,18,19)/t7-,8+,9-,10-,11-,13?/m1/s1. The normalized spacial score (nSPS) is 33.7. The van der Waals surface area contributed by atoms with E-state index in [1.54, 1.807) is 0 Å². The van der Waals surface area contributed by atoms with Gasteiger partial charge in [0.2, 0.25) is 5.91 Å². The predicted molar refractivity (Wildman–Crippen MR) is 74.4 cm³/mol. The van der Waals surface area contributed by atoms with Crippen LogP contribution in [0.4, 0.5) is 0 Å². The lowest BCUT2D eigenvalue weighted by Crippen LogP contribution is -2.67. The zero-order valence-corrected chi connectivity index (χ0v) is 13.1. The molecule has 5 N–H and O–H groups in total. The molecule has 23 heavy (non-hydrogen) atoms. The average molecular weight is 337 g/mol. The number of carbonyl (C=O) groups is 2. The number of amides is 1. The van der Waals surface area contributed by atoms with Crippen LogP contribution in [-0.4, -0.2) is 89.4 Å². The van der Waals surface area contributed by atoms with Gasteiger partial charge in [0.05, 0.1) is 18.8 Å².